The van der Waals surface area contributed by atoms with Crippen LogP contribution >= 0.6 is 15.9 Å². The quantitative estimate of drug-likeness (QED) is 0.769. The molecule has 0 aliphatic rings. The van der Waals surface area contributed by atoms with Gasteiger partial charge in [-0.2, -0.15) is 0 Å². The number of hydrogen-bond donors (Lipinski definition) is 0. The first-order chi connectivity index (χ1) is 10.1. The van der Waals surface area contributed by atoms with Crippen LogP contribution < -0.4 is 9.47 Å². The average molecular weight is 351 g/mol. The highest BCUT2D eigenvalue weighted by atomic mass is 79.9. The van der Waals surface area contributed by atoms with E-state index in [0.717, 1.165) is 10.0 Å². The van der Waals surface area contributed by atoms with E-state index in [1.54, 1.807) is 25.3 Å². The summed E-state index contributed by atoms with van der Waals surface area (Å²) in [6.07, 6.45) is 0. The summed E-state index contributed by atoms with van der Waals surface area (Å²) in [6, 6.07) is 12.7. The number of methoxy groups -OCH3 is 2. The molecule has 0 saturated carbocycles. The van der Waals surface area contributed by atoms with Gasteiger partial charge in [0, 0.05) is 4.47 Å². The van der Waals surface area contributed by atoms with E-state index in [4.69, 9.17) is 14.2 Å². The standard InChI is InChI=1S/C16H15BrO4/c1-19-14-8-5-12(16(18)20-2)9-15(14)21-10-11-3-6-13(17)7-4-11/h3-9H,10H2,1-2H3. The molecule has 0 amide bonds. The van der Waals surface area contributed by atoms with Crippen LogP contribution in [0.4, 0.5) is 0 Å². The van der Waals surface area contributed by atoms with Crippen molar-refractivity contribution >= 4 is 21.9 Å². The monoisotopic (exact) mass is 350 g/mol. The summed E-state index contributed by atoms with van der Waals surface area (Å²) in [5, 5.41) is 0. The Kier molecular flexibility index (Phi) is 5.22. The zero-order valence-corrected chi connectivity index (χ0v) is 13.3. The molecule has 0 atom stereocenters. The lowest BCUT2D eigenvalue weighted by Crippen LogP contribution is -2.03. The van der Waals surface area contributed by atoms with Crippen LogP contribution in [0.1, 0.15) is 15.9 Å². The van der Waals surface area contributed by atoms with E-state index in [0.29, 0.717) is 23.7 Å². The normalized spacial score (nSPS) is 10.0. The molecule has 0 aromatic heterocycles. The molecular formula is C16H15BrO4. The van der Waals surface area contributed by atoms with Crippen molar-refractivity contribution in [3.8, 4) is 11.5 Å². The lowest BCUT2D eigenvalue weighted by molar-refractivity contribution is 0.0600. The van der Waals surface area contributed by atoms with Gasteiger partial charge in [0.15, 0.2) is 11.5 Å². The highest BCUT2D eigenvalue weighted by Crippen LogP contribution is 2.29. The number of carbonyl (C=O) groups is 1. The van der Waals surface area contributed by atoms with Crippen LogP contribution in [0.2, 0.25) is 0 Å². The third-order valence-corrected chi connectivity index (χ3v) is 3.42. The van der Waals surface area contributed by atoms with Crippen molar-refractivity contribution < 1.29 is 19.0 Å². The van der Waals surface area contributed by atoms with Crippen molar-refractivity contribution in [2.45, 2.75) is 6.61 Å². The number of rotatable bonds is 5. The Morgan fingerprint density at radius 2 is 1.76 bits per heavy atom. The fraction of sp³-hybridized carbons (Fsp3) is 0.188. The van der Waals surface area contributed by atoms with Gasteiger partial charge in [0.1, 0.15) is 6.61 Å². The van der Waals surface area contributed by atoms with Gasteiger partial charge in [-0.1, -0.05) is 28.1 Å². The van der Waals surface area contributed by atoms with Crippen molar-refractivity contribution in [1.29, 1.82) is 0 Å². The van der Waals surface area contributed by atoms with Gasteiger partial charge in [-0.25, -0.2) is 4.79 Å². The zero-order chi connectivity index (χ0) is 15.2. The van der Waals surface area contributed by atoms with E-state index in [-0.39, 0.29) is 0 Å². The van der Waals surface area contributed by atoms with Gasteiger partial charge in [0.25, 0.3) is 0 Å². The van der Waals surface area contributed by atoms with Crippen LogP contribution in [-0.2, 0) is 11.3 Å². The molecule has 0 radical (unpaired) electrons. The number of hydrogen-bond acceptors (Lipinski definition) is 4. The highest BCUT2D eigenvalue weighted by Gasteiger charge is 2.11. The zero-order valence-electron chi connectivity index (χ0n) is 11.8. The Morgan fingerprint density at radius 1 is 1.05 bits per heavy atom. The minimum atomic E-state index is -0.411. The molecule has 0 heterocycles. The SMILES string of the molecule is COC(=O)c1ccc(OC)c(OCc2ccc(Br)cc2)c1. The van der Waals surface area contributed by atoms with Gasteiger partial charge < -0.3 is 14.2 Å². The van der Waals surface area contributed by atoms with Gasteiger partial charge in [0.2, 0.25) is 0 Å². The molecular weight excluding hydrogens is 336 g/mol. The van der Waals surface area contributed by atoms with E-state index in [2.05, 4.69) is 15.9 Å². The molecule has 0 N–H and O–H groups in total. The Morgan fingerprint density at radius 3 is 2.38 bits per heavy atom. The van der Waals surface area contributed by atoms with Gasteiger partial charge in [-0.05, 0) is 35.9 Å². The van der Waals surface area contributed by atoms with Gasteiger partial charge in [-0.15, -0.1) is 0 Å². The van der Waals surface area contributed by atoms with Crippen molar-refractivity contribution in [2.24, 2.45) is 0 Å². The summed E-state index contributed by atoms with van der Waals surface area (Å²) in [5.41, 5.74) is 1.44. The first kappa shape index (κ1) is 15.4. The predicted molar refractivity (Wildman–Crippen MR) is 82.8 cm³/mol. The lowest BCUT2D eigenvalue weighted by atomic mass is 10.2. The lowest BCUT2D eigenvalue weighted by Gasteiger charge is -2.12. The third kappa shape index (κ3) is 3.98. The average Bonchev–Trinajstić information content (AvgIpc) is 2.53. The molecule has 0 aliphatic carbocycles. The molecule has 2 aromatic rings. The first-order valence-electron chi connectivity index (χ1n) is 6.27. The summed E-state index contributed by atoms with van der Waals surface area (Å²) in [7, 11) is 2.90. The molecule has 21 heavy (non-hydrogen) atoms. The molecule has 0 spiro atoms. The van der Waals surface area contributed by atoms with Crippen LogP contribution in [0.15, 0.2) is 46.9 Å². The fourth-order valence-electron chi connectivity index (χ4n) is 1.78. The smallest absolute Gasteiger partial charge is 0.337 e. The van der Waals surface area contributed by atoms with Crippen LogP contribution in [0.3, 0.4) is 0 Å². The number of carbonyl (C=O) groups excluding carboxylic acids is 1. The summed E-state index contributed by atoms with van der Waals surface area (Å²) >= 11 is 3.39. The molecule has 0 aliphatic heterocycles. The van der Waals surface area contributed by atoms with Gasteiger partial charge >= 0.3 is 5.97 Å². The Bertz CT molecular complexity index is 623. The number of halogens is 1. The van der Waals surface area contributed by atoms with Crippen molar-refractivity contribution in [1.82, 2.24) is 0 Å². The Balaban J connectivity index is 2.17. The predicted octanol–water partition coefficient (Wildman–Crippen LogP) is 3.82. The van der Waals surface area contributed by atoms with E-state index in [1.807, 2.05) is 24.3 Å². The maximum absolute atomic E-state index is 11.6. The second kappa shape index (κ2) is 7.13. The molecule has 110 valence electrons. The molecule has 5 heteroatoms. The number of esters is 1. The maximum atomic E-state index is 11.6. The van der Waals surface area contributed by atoms with E-state index in [9.17, 15) is 4.79 Å². The van der Waals surface area contributed by atoms with Crippen LogP contribution in [-0.4, -0.2) is 20.2 Å². The van der Waals surface area contributed by atoms with Crippen LogP contribution in [0.25, 0.3) is 0 Å². The van der Waals surface area contributed by atoms with Gasteiger partial charge in [0.05, 0.1) is 19.8 Å². The molecule has 0 saturated heterocycles. The fourth-order valence-corrected chi connectivity index (χ4v) is 2.04. The summed E-state index contributed by atoms with van der Waals surface area (Å²) in [6.45, 7) is 0.383. The summed E-state index contributed by atoms with van der Waals surface area (Å²) in [4.78, 5) is 11.6. The minimum absolute atomic E-state index is 0.383. The highest BCUT2D eigenvalue weighted by molar-refractivity contribution is 9.10. The van der Waals surface area contributed by atoms with Crippen molar-refractivity contribution in [3.63, 3.8) is 0 Å². The van der Waals surface area contributed by atoms with Crippen LogP contribution in [0.5, 0.6) is 11.5 Å². The Labute approximate surface area is 131 Å². The van der Waals surface area contributed by atoms with Crippen LogP contribution in [0, 0.1) is 0 Å². The second-order valence-corrected chi connectivity index (χ2v) is 5.19. The maximum Gasteiger partial charge on any atom is 0.337 e. The van der Waals surface area contributed by atoms with Crippen molar-refractivity contribution in [2.75, 3.05) is 14.2 Å². The number of benzene rings is 2. The van der Waals surface area contributed by atoms with Crippen molar-refractivity contribution in [3.05, 3.63) is 58.1 Å². The summed E-state index contributed by atoms with van der Waals surface area (Å²) in [5.74, 6) is 0.661. The molecule has 2 rings (SSSR count). The van der Waals surface area contributed by atoms with E-state index in [1.165, 1.54) is 7.11 Å². The molecule has 0 bridgehead atoms. The second-order valence-electron chi connectivity index (χ2n) is 4.27. The van der Waals surface area contributed by atoms with E-state index < -0.39 is 5.97 Å². The largest absolute Gasteiger partial charge is 0.493 e. The topological polar surface area (TPSA) is 44.8 Å². The molecule has 4 nitrogen and oxygen atoms in total. The third-order valence-electron chi connectivity index (χ3n) is 2.89. The van der Waals surface area contributed by atoms with E-state index >= 15 is 0 Å². The molecule has 2 aromatic carbocycles. The molecule has 0 fully saturated rings. The Hall–Kier alpha value is -2.01. The molecule has 0 unspecified atom stereocenters. The first-order valence-corrected chi connectivity index (χ1v) is 7.07. The van der Waals surface area contributed by atoms with Gasteiger partial charge in [-0.3, -0.25) is 0 Å². The minimum Gasteiger partial charge on any atom is -0.493 e. The number of ether oxygens (including phenoxy) is 3. The summed E-state index contributed by atoms with van der Waals surface area (Å²) < 4.78 is 16.7.